The van der Waals surface area contributed by atoms with Crippen LogP contribution in [0.15, 0.2) is 42.5 Å². The Bertz CT molecular complexity index is 857. The first kappa shape index (κ1) is 19.8. The van der Waals surface area contributed by atoms with Crippen molar-refractivity contribution in [1.29, 1.82) is 5.26 Å². The van der Waals surface area contributed by atoms with Crippen LogP contribution in [0.2, 0.25) is 0 Å². The predicted octanol–water partition coefficient (Wildman–Crippen LogP) is 1.28. The van der Waals surface area contributed by atoms with Crippen LogP contribution in [-0.4, -0.2) is 18.5 Å². The topological polar surface area (TPSA) is 128 Å². The summed E-state index contributed by atoms with van der Waals surface area (Å²) in [6, 6.07) is 12.3. The maximum absolute atomic E-state index is 11.8. The smallest absolute Gasteiger partial charge is 0.255 e. The molecule has 7 heteroatoms. The van der Waals surface area contributed by atoms with E-state index in [1.807, 2.05) is 19.1 Å². The van der Waals surface area contributed by atoms with Crippen LogP contribution >= 0.6 is 0 Å². The number of benzene rings is 2. The molecule has 1 atom stereocenters. The molecular weight excluding hydrogens is 346 g/mol. The standard InChI is InChI=1S/C20H21N3O4/c1-2-3-13-6-9-17(27-12-18(22)24)16(10-13)19(20(25)26)23-15-7-4-14(11-21)5-8-15/h4-10,19,23H,2-3,12H2,1H3,(H2,22,24)(H,25,26)/p-1. The number of rotatable bonds is 9. The highest BCUT2D eigenvalue weighted by molar-refractivity contribution is 5.79. The molecule has 0 heterocycles. The molecular formula is C20H20N3O4-. The molecule has 0 aromatic heterocycles. The van der Waals surface area contributed by atoms with Gasteiger partial charge < -0.3 is 25.7 Å². The number of ether oxygens (including phenoxy) is 1. The lowest BCUT2D eigenvalue weighted by Gasteiger charge is -2.24. The highest BCUT2D eigenvalue weighted by atomic mass is 16.5. The largest absolute Gasteiger partial charge is 0.548 e. The van der Waals surface area contributed by atoms with Gasteiger partial charge in [0.1, 0.15) is 5.75 Å². The molecule has 7 nitrogen and oxygen atoms in total. The first-order valence-electron chi connectivity index (χ1n) is 8.46. The summed E-state index contributed by atoms with van der Waals surface area (Å²) in [5.74, 6) is -1.77. The number of carboxylic acid groups (broad SMARTS) is 1. The summed E-state index contributed by atoms with van der Waals surface area (Å²) in [7, 11) is 0. The Morgan fingerprint density at radius 1 is 1.26 bits per heavy atom. The SMILES string of the molecule is CCCc1ccc(OCC(N)=O)c(C(Nc2ccc(C#N)cc2)C(=O)[O-])c1. The fraction of sp³-hybridized carbons (Fsp3) is 0.250. The number of aryl methyl sites for hydroxylation is 1. The predicted molar refractivity (Wildman–Crippen MR) is 97.7 cm³/mol. The highest BCUT2D eigenvalue weighted by Crippen LogP contribution is 2.30. The van der Waals surface area contributed by atoms with Crippen LogP contribution in [0, 0.1) is 11.3 Å². The van der Waals surface area contributed by atoms with Crippen LogP contribution in [0.4, 0.5) is 5.69 Å². The Morgan fingerprint density at radius 3 is 2.52 bits per heavy atom. The molecule has 0 fully saturated rings. The minimum absolute atomic E-state index is 0.240. The number of nitrogens with two attached hydrogens (primary N) is 1. The van der Waals surface area contributed by atoms with E-state index >= 15 is 0 Å². The lowest BCUT2D eigenvalue weighted by atomic mass is 10.00. The van der Waals surface area contributed by atoms with Crippen molar-refractivity contribution in [2.45, 2.75) is 25.8 Å². The number of amides is 1. The van der Waals surface area contributed by atoms with E-state index in [-0.39, 0.29) is 12.4 Å². The van der Waals surface area contributed by atoms with Gasteiger partial charge in [0.05, 0.1) is 23.6 Å². The molecule has 0 bridgehead atoms. The van der Waals surface area contributed by atoms with Crippen molar-refractivity contribution in [3.8, 4) is 11.8 Å². The van der Waals surface area contributed by atoms with Crippen LogP contribution in [-0.2, 0) is 16.0 Å². The normalized spacial score (nSPS) is 11.3. The summed E-state index contributed by atoms with van der Waals surface area (Å²) in [6.07, 6.45) is 1.65. The first-order chi connectivity index (χ1) is 12.9. The average molecular weight is 366 g/mol. The van der Waals surface area contributed by atoms with Gasteiger partial charge in [-0.3, -0.25) is 4.79 Å². The zero-order valence-corrected chi connectivity index (χ0v) is 14.9. The fourth-order valence-electron chi connectivity index (χ4n) is 2.62. The summed E-state index contributed by atoms with van der Waals surface area (Å²) in [5.41, 5.74) is 7.36. The minimum Gasteiger partial charge on any atom is -0.548 e. The van der Waals surface area contributed by atoms with Gasteiger partial charge in [0.25, 0.3) is 5.91 Å². The van der Waals surface area contributed by atoms with Crippen molar-refractivity contribution in [2.75, 3.05) is 11.9 Å². The number of carboxylic acids is 1. The Hall–Kier alpha value is -3.53. The second-order valence-corrected chi connectivity index (χ2v) is 5.96. The Morgan fingerprint density at radius 2 is 1.96 bits per heavy atom. The summed E-state index contributed by atoms with van der Waals surface area (Å²) >= 11 is 0. The monoisotopic (exact) mass is 366 g/mol. The zero-order chi connectivity index (χ0) is 19.8. The lowest BCUT2D eigenvalue weighted by Crippen LogP contribution is -2.34. The van der Waals surface area contributed by atoms with Crippen molar-refractivity contribution < 1.29 is 19.4 Å². The molecule has 0 aliphatic rings. The molecule has 1 amide bonds. The van der Waals surface area contributed by atoms with E-state index in [1.54, 1.807) is 36.4 Å². The van der Waals surface area contributed by atoms with E-state index in [0.717, 1.165) is 18.4 Å². The van der Waals surface area contributed by atoms with Crippen LogP contribution in [0.1, 0.15) is 36.1 Å². The molecule has 1 unspecified atom stereocenters. The number of hydrogen-bond donors (Lipinski definition) is 2. The van der Waals surface area contributed by atoms with E-state index in [2.05, 4.69) is 5.32 Å². The second kappa shape index (κ2) is 9.25. The molecule has 0 spiro atoms. The molecule has 2 rings (SSSR count). The number of anilines is 1. The first-order valence-corrected chi connectivity index (χ1v) is 8.46. The molecule has 2 aromatic carbocycles. The van der Waals surface area contributed by atoms with Gasteiger partial charge in [-0.2, -0.15) is 5.26 Å². The number of carbonyl (C=O) groups is 2. The highest BCUT2D eigenvalue weighted by Gasteiger charge is 2.19. The molecule has 2 aromatic rings. The van der Waals surface area contributed by atoms with Gasteiger partial charge in [0.15, 0.2) is 6.61 Å². The van der Waals surface area contributed by atoms with Crippen LogP contribution in [0.25, 0.3) is 0 Å². The van der Waals surface area contributed by atoms with E-state index in [9.17, 15) is 14.7 Å². The lowest BCUT2D eigenvalue weighted by molar-refractivity contribution is -0.307. The van der Waals surface area contributed by atoms with Crippen molar-refractivity contribution in [2.24, 2.45) is 5.73 Å². The summed E-state index contributed by atoms with van der Waals surface area (Å²) in [6.45, 7) is 1.65. The summed E-state index contributed by atoms with van der Waals surface area (Å²) < 4.78 is 5.39. The van der Waals surface area contributed by atoms with Gasteiger partial charge in [-0.05, 0) is 48.4 Å². The third-order valence-electron chi connectivity index (χ3n) is 3.85. The third kappa shape index (κ3) is 5.47. The maximum Gasteiger partial charge on any atom is 0.255 e. The maximum atomic E-state index is 11.8. The van der Waals surface area contributed by atoms with E-state index < -0.39 is 17.9 Å². The molecule has 27 heavy (non-hydrogen) atoms. The number of hydrogen-bond acceptors (Lipinski definition) is 6. The Kier molecular flexibility index (Phi) is 6.78. The van der Waals surface area contributed by atoms with E-state index in [1.165, 1.54) is 0 Å². The zero-order valence-electron chi connectivity index (χ0n) is 14.9. The fourth-order valence-corrected chi connectivity index (χ4v) is 2.62. The van der Waals surface area contributed by atoms with Crippen LogP contribution < -0.4 is 20.9 Å². The molecule has 0 saturated heterocycles. The van der Waals surface area contributed by atoms with Gasteiger partial charge in [-0.15, -0.1) is 0 Å². The number of carbonyl (C=O) groups excluding carboxylic acids is 2. The molecule has 0 aliphatic heterocycles. The van der Waals surface area contributed by atoms with E-state index in [4.69, 9.17) is 15.7 Å². The molecule has 3 N–H and O–H groups in total. The van der Waals surface area contributed by atoms with E-state index in [0.29, 0.717) is 16.8 Å². The Labute approximate surface area is 157 Å². The quantitative estimate of drug-likeness (QED) is 0.688. The number of primary amides is 1. The molecule has 0 saturated carbocycles. The summed E-state index contributed by atoms with van der Waals surface area (Å²) in [5, 5.41) is 23.6. The average Bonchev–Trinajstić information content (AvgIpc) is 2.65. The molecule has 0 radical (unpaired) electrons. The van der Waals surface area contributed by atoms with Gasteiger partial charge in [0, 0.05) is 11.3 Å². The van der Waals surface area contributed by atoms with Gasteiger partial charge in [-0.25, -0.2) is 0 Å². The van der Waals surface area contributed by atoms with Crippen LogP contribution in [0.5, 0.6) is 5.75 Å². The van der Waals surface area contributed by atoms with Crippen molar-refractivity contribution >= 4 is 17.6 Å². The van der Waals surface area contributed by atoms with Crippen molar-refractivity contribution in [3.05, 3.63) is 59.2 Å². The number of aliphatic carboxylic acids is 1. The van der Waals surface area contributed by atoms with Crippen molar-refractivity contribution in [3.63, 3.8) is 0 Å². The molecule has 0 aliphatic carbocycles. The van der Waals surface area contributed by atoms with Crippen molar-refractivity contribution in [1.82, 2.24) is 0 Å². The number of nitrogens with zero attached hydrogens (tertiary/aromatic N) is 1. The van der Waals surface area contributed by atoms with Gasteiger partial charge >= 0.3 is 0 Å². The minimum atomic E-state index is -1.35. The molecule has 140 valence electrons. The van der Waals surface area contributed by atoms with Crippen LogP contribution in [0.3, 0.4) is 0 Å². The number of nitriles is 1. The van der Waals surface area contributed by atoms with Gasteiger partial charge in [0.2, 0.25) is 0 Å². The summed E-state index contributed by atoms with van der Waals surface area (Å²) in [4.78, 5) is 22.8. The second-order valence-electron chi connectivity index (χ2n) is 5.96. The number of nitrogens with one attached hydrogen (secondary N) is 1. The van der Waals surface area contributed by atoms with Gasteiger partial charge in [-0.1, -0.05) is 19.4 Å². The Balaban J connectivity index is 2.39. The third-order valence-corrected chi connectivity index (χ3v) is 3.85.